The maximum Gasteiger partial charge on any atom is 0.416 e. The highest BCUT2D eigenvalue weighted by molar-refractivity contribution is 5.94. The van der Waals surface area contributed by atoms with Gasteiger partial charge in [-0.2, -0.15) is 23.1 Å². The molecule has 2 aromatic heterocycles. The summed E-state index contributed by atoms with van der Waals surface area (Å²) >= 11 is 0. The lowest BCUT2D eigenvalue weighted by molar-refractivity contribution is -0.137. The van der Waals surface area contributed by atoms with Crippen molar-refractivity contribution in [2.24, 2.45) is 0 Å². The van der Waals surface area contributed by atoms with Crippen LogP contribution in [0.4, 0.5) is 13.2 Å². The molecule has 0 bridgehead atoms. The third-order valence-corrected chi connectivity index (χ3v) is 6.41. The molecule has 39 heavy (non-hydrogen) atoms. The van der Waals surface area contributed by atoms with Crippen molar-refractivity contribution < 1.29 is 18.0 Å². The summed E-state index contributed by atoms with van der Waals surface area (Å²) in [5.41, 5.74) is 0.228. The van der Waals surface area contributed by atoms with Crippen molar-refractivity contribution in [1.29, 1.82) is 0 Å². The van der Waals surface area contributed by atoms with Crippen molar-refractivity contribution in [2.75, 3.05) is 0 Å². The number of halogens is 3. The van der Waals surface area contributed by atoms with Gasteiger partial charge < -0.3 is 5.32 Å². The lowest BCUT2D eigenvalue weighted by Crippen LogP contribution is -2.49. The summed E-state index contributed by atoms with van der Waals surface area (Å²) in [4.78, 5) is 19.7. The number of nitrogens with one attached hydrogen (secondary N) is 1. The van der Waals surface area contributed by atoms with Crippen molar-refractivity contribution >= 4 is 5.91 Å². The largest absolute Gasteiger partial charge is 0.416 e. The second-order valence-electron chi connectivity index (χ2n) is 9.07. The van der Waals surface area contributed by atoms with E-state index in [1.54, 1.807) is 49.5 Å². The third-order valence-electron chi connectivity index (χ3n) is 6.41. The quantitative estimate of drug-likeness (QED) is 0.286. The Bertz CT molecular complexity index is 1570. The minimum Gasteiger partial charge on any atom is -0.335 e. The van der Waals surface area contributed by atoms with Crippen molar-refractivity contribution in [3.05, 3.63) is 143 Å². The Morgan fingerprint density at radius 1 is 0.821 bits per heavy atom. The number of alkyl halides is 3. The van der Waals surface area contributed by atoms with Crippen LogP contribution >= 0.6 is 0 Å². The van der Waals surface area contributed by atoms with Crippen molar-refractivity contribution in [3.8, 4) is 5.69 Å². The van der Waals surface area contributed by atoms with Gasteiger partial charge in [-0.05, 0) is 54.4 Å². The standard InChI is InChI=1S/C30H24F3N5O/c1-21-27(37-38(36-21)25-15-6-3-7-16-25)28(39)35-29(26-17-8-9-18-34-26,20-22-11-4-2-5-12-22)23-13-10-14-24(19-23)30(31,32)33/h2-19H,20H2,1H3,(H,35,39). The zero-order valence-electron chi connectivity index (χ0n) is 20.9. The molecule has 2 heterocycles. The molecule has 0 saturated heterocycles. The number of aromatic nitrogens is 4. The summed E-state index contributed by atoms with van der Waals surface area (Å²) in [7, 11) is 0. The zero-order chi connectivity index (χ0) is 27.5. The van der Waals surface area contributed by atoms with Crippen LogP contribution in [0.5, 0.6) is 0 Å². The molecule has 0 radical (unpaired) electrons. The third kappa shape index (κ3) is 5.43. The Morgan fingerprint density at radius 3 is 2.15 bits per heavy atom. The summed E-state index contributed by atoms with van der Waals surface area (Å²) in [6.45, 7) is 1.66. The number of rotatable bonds is 7. The fourth-order valence-corrected chi connectivity index (χ4v) is 4.52. The van der Waals surface area contributed by atoms with Gasteiger partial charge in [-0.3, -0.25) is 9.78 Å². The second-order valence-corrected chi connectivity index (χ2v) is 9.07. The molecule has 1 amide bonds. The van der Waals surface area contributed by atoms with E-state index in [2.05, 4.69) is 20.5 Å². The van der Waals surface area contributed by atoms with E-state index in [1.165, 1.54) is 10.9 Å². The lowest BCUT2D eigenvalue weighted by atomic mass is 9.79. The molecule has 5 aromatic rings. The molecule has 5 rings (SSSR count). The number of benzene rings is 3. The van der Waals surface area contributed by atoms with Crippen LogP contribution in [0.1, 0.15) is 38.6 Å². The summed E-state index contributed by atoms with van der Waals surface area (Å²) in [6, 6.07) is 28.5. The zero-order valence-corrected chi connectivity index (χ0v) is 20.9. The smallest absolute Gasteiger partial charge is 0.335 e. The molecule has 0 saturated carbocycles. The number of para-hydroxylation sites is 1. The van der Waals surface area contributed by atoms with Crippen LogP contribution in [-0.4, -0.2) is 25.9 Å². The van der Waals surface area contributed by atoms with Gasteiger partial charge in [0, 0.05) is 12.6 Å². The average Bonchev–Trinajstić information content (AvgIpc) is 3.35. The first-order chi connectivity index (χ1) is 18.8. The molecule has 1 unspecified atom stereocenters. The first kappa shape index (κ1) is 25.8. The Kier molecular flexibility index (Phi) is 6.98. The van der Waals surface area contributed by atoms with Crippen molar-refractivity contribution in [3.63, 3.8) is 0 Å². The van der Waals surface area contributed by atoms with Gasteiger partial charge in [-0.25, -0.2) is 0 Å². The Hall–Kier alpha value is -4.79. The molecule has 1 N–H and O–H groups in total. The number of nitrogens with zero attached hydrogens (tertiary/aromatic N) is 4. The number of carbonyl (C=O) groups is 1. The van der Waals surface area contributed by atoms with Gasteiger partial charge in [-0.15, -0.1) is 5.10 Å². The Morgan fingerprint density at radius 2 is 1.49 bits per heavy atom. The van der Waals surface area contributed by atoms with Crippen LogP contribution in [0.3, 0.4) is 0 Å². The highest BCUT2D eigenvalue weighted by atomic mass is 19.4. The molecule has 6 nitrogen and oxygen atoms in total. The van der Waals surface area contributed by atoms with E-state index < -0.39 is 23.2 Å². The second kappa shape index (κ2) is 10.5. The first-order valence-corrected chi connectivity index (χ1v) is 12.2. The van der Waals surface area contributed by atoms with E-state index in [9.17, 15) is 18.0 Å². The van der Waals surface area contributed by atoms with Gasteiger partial charge in [0.1, 0.15) is 5.54 Å². The molecule has 9 heteroatoms. The summed E-state index contributed by atoms with van der Waals surface area (Å²) in [5.74, 6) is -0.589. The monoisotopic (exact) mass is 527 g/mol. The number of amides is 1. The van der Waals surface area contributed by atoms with E-state index in [4.69, 9.17) is 0 Å². The topological polar surface area (TPSA) is 72.7 Å². The summed E-state index contributed by atoms with van der Waals surface area (Å²) in [5, 5.41) is 11.8. The van der Waals surface area contributed by atoms with Gasteiger partial charge in [-0.1, -0.05) is 66.7 Å². The van der Waals surface area contributed by atoms with E-state index in [0.717, 1.165) is 17.7 Å². The molecule has 0 fully saturated rings. The number of hydrogen-bond donors (Lipinski definition) is 1. The molecule has 196 valence electrons. The maximum absolute atomic E-state index is 13.9. The maximum atomic E-state index is 13.9. The first-order valence-electron chi connectivity index (χ1n) is 12.2. The molecule has 0 aliphatic carbocycles. The number of carbonyl (C=O) groups excluding carboxylic acids is 1. The minimum absolute atomic E-state index is 0.0548. The molecule has 1 atom stereocenters. The average molecular weight is 528 g/mol. The minimum atomic E-state index is -4.57. The molecule has 0 aliphatic heterocycles. The molecule has 0 aliphatic rings. The highest BCUT2D eigenvalue weighted by Gasteiger charge is 2.41. The highest BCUT2D eigenvalue weighted by Crippen LogP contribution is 2.37. The molecule has 0 spiro atoms. The lowest BCUT2D eigenvalue weighted by Gasteiger charge is -2.35. The molecular formula is C30H24F3N5O. The van der Waals surface area contributed by atoms with Gasteiger partial charge >= 0.3 is 6.18 Å². The van der Waals surface area contributed by atoms with E-state index in [0.29, 0.717) is 17.1 Å². The molecule has 3 aromatic carbocycles. The Labute approximate surface area is 223 Å². The predicted octanol–water partition coefficient (Wildman–Crippen LogP) is 5.91. The van der Waals surface area contributed by atoms with Crippen molar-refractivity contribution in [1.82, 2.24) is 25.3 Å². The fourth-order valence-electron chi connectivity index (χ4n) is 4.52. The normalized spacial score (nSPS) is 13.0. The van der Waals surface area contributed by atoms with E-state index in [-0.39, 0.29) is 17.7 Å². The van der Waals surface area contributed by atoms with Crippen LogP contribution in [0, 0.1) is 6.92 Å². The number of pyridine rings is 1. The van der Waals surface area contributed by atoms with Gasteiger partial charge in [0.05, 0.1) is 22.6 Å². The van der Waals surface area contributed by atoms with Crippen LogP contribution in [0.15, 0.2) is 109 Å². The summed E-state index contributed by atoms with van der Waals surface area (Å²) < 4.78 is 41.4. The summed E-state index contributed by atoms with van der Waals surface area (Å²) in [6.07, 6.45) is -2.88. The fraction of sp³-hybridized carbons (Fsp3) is 0.133. The van der Waals surface area contributed by atoms with Crippen LogP contribution < -0.4 is 5.32 Å². The van der Waals surface area contributed by atoms with Gasteiger partial charge in [0.2, 0.25) is 0 Å². The van der Waals surface area contributed by atoms with Crippen LogP contribution in [0.2, 0.25) is 0 Å². The van der Waals surface area contributed by atoms with Gasteiger partial charge in [0.25, 0.3) is 5.91 Å². The van der Waals surface area contributed by atoms with E-state index in [1.807, 2.05) is 48.5 Å². The Balaban J connectivity index is 1.66. The van der Waals surface area contributed by atoms with E-state index >= 15 is 0 Å². The predicted molar refractivity (Wildman–Crippen MR) is 140 cm³/mol. The van der Waals surface area contributed by atoms with Gasteiger partial charge in [0.15, 0.2) is 5.69 Å². The number of aryl methyl sites for hydroxylation is 1. The number of hydrogen-bond acceptors (Lipinski definition) is 4. The van der Waals surface area contributed by atoms with Crippen LogP contribution in [-0.2, 0) is 18.1 Å². The SMILES string of the molecule is Cc1nn(-c2ccccc2)nc1C(=O)NC(Cc1ccccc1)(c1cccc(C(F)(F)F)c1)c1ccccn1. The molecular weight excluding hydrogens is 503 g/mol. The van der Waals surface area contributed by atoms with Crippen molar-refractivity contribution in [2.45, 2.75) is 25.1 Å². The van der Waals surface area contributed by atoms with Crippen LogP contribution in [0.25, 0.3) is 5.69 Å².